The van der Waals surface area contributed by atoms with E-state index < -0.39 is 0 Å². The number of unbranched alkanes of at least 4 members (excludes halogenated alkanes) is 14. The maximum Gasteiger partial charge on any atom is 1.00 e. The molecule has 0 fully saturated rings. The summed E-state index contributed by atoms with van der Waals surface area (Å²) in [6.45, 7) is 4.50. The first-order valence-electron chi connectivity index (χ1n) is 10.5. The second-order valence-electron chi connectivity index (χ2n) is 6.62. The van der Waals surface area contributed by atoms with Crippen molar-refractivity contribution in [3.8, 4) is 0 Å². The van der Waals surface area contributed by atoms with Gasteiger partial charge in [-0.1, -0.05) is 90.9 Å². The number of rotatable bonds is 16. The molecule has 0 atom stereocenters. The average molecular weight is 383 g/mol. The smallest absolute Gasteiger partial charge is 0.705 e. The zero-order valence-electron chi connectivity index (χ0n) is 18.6. The molecule has 0 heterocycles. The molecule has 0 saturated heterocycles. The first-order chi connectivity index (χ1) is 11.8. The fourth-order valence-electron chi connectivity index (χ4n) is 2.61. The molecule has 0 amide bonds. The van der Waals surface area contributed by atoms with Crippen LogP contribution in [0.25, 0.3) is 11.5 Å². The van der Waals surface area contributed by atoms with Gasteiger partial charge in [-0.25, -0.2) is 0 Å². The Morgan fingerprint density at radius 1 is 0.462 bits per heavy atom. The van der Waals surface area contributed by atoms with Gasteiger partial charge < -0.3 is 11.5 Å². The molecule has 144 valence electrons. The van der Waals surface area contributed by atoms with E-state index in [4.69, 9.17) is 11.5 Å². The Bertz CT molecular complexity index is 231. The summed E-state index contributed by atoms with van der Waals surface area (Å²) in [4.78, 5) is 0. The third-order valence-electron chi connectivity index (χ3n) is 4.18. The first-order valence-corrected chi connectivity index (χ1v) is 10.5. The van der Waals surface area contributed by atoms with Crippen molar-refractivity contribution < 1.29 is 59.1 Å². The molecule has 26 heavy (non-hydrogen) atoms. The number of hydrogen-bond donors (Lipinski definition) is 0. The van der Waals surface area contributed by atoms with Gasteiger partial charge >= 0.3 is 59.1 Å². The van der Waals surface area contributed by atoms with Gasteiger partial charge in [0.25, 0.3) is 0 Å². The summed E-state index contributed by atoms with van der Waals surface area (Å²) in [5, 5.41) is 0. The molecule has 0 aromatic heterocycles. The van der Waals surface area contributed by atoms with E-state index in [1.54, 1.807) is 0 Å². The van der Waals surface area contributed by atoms with Gasteiger partial charge in [0, 0.05) is 0 Å². The normalized spacial score (nSPS) is 10.2. The summed E-state index contributed by atoms with van der Waals surface area (Å²) in [5.41, 5.74) is 13.6. The maximum absolute atomic E-state index is 6.79. The zero-order valence-corrected chi connectivity index (χ0v) is 22.6. The molecule has 0 spiro atoms. The molecule has 0 bridgehead atoms. The van der Waals surface area contributed by atoms with Crippen LogP contribution in [0.1, 0.15) is 117 Å². The van der Waals surface area contributed by atoms with Gasteiger partial charge in [-0.05, 0) is 25.7 Å². The Morgan fingerprint density at radius 2 is 0.731 bits per heavy atom. The van der Waals surface area contributed by atoms with E-state index in [-0.39, 0.29) is 59.1 Å². The summed E-state index contributed by atoms with van der Waals surface area (Å²) in [5.74, 6) is 0. The molecule has 2 N–H and O–H groups in total. The van der Waals surface area contributed by atoms with Gasteiger partial charge in [-0.15, -0.1) is 12.2 Å². The summed E-state index contributed by atoms with van der Waals surface area (Å²) >= 11 is 0. The fraction of sp³-hybridized carbons (Fsp3) is 0.818. The van der Waals surface area contributed by atoms with Crippen LogP contribution in [0.3, 0.4) is 0 Å². The third kappa shape index (κ3) is 39.9. The molecule has 0 radical (unpaired) electrons. The van der Waals surface area contributed by atoms with Crippen LogP contribution in [0.5, 0.6) is 0 Å². The number of allylic oxidation sites excluding steroid dienone is 2. The maximum atomic E-state index is 6.79. The molecule has 0 unspecified atom stereocenters. The average Bonchev–Trinajstić information content (AvgIpc) is 2.60. The Hall–Kier alpha value is 1.08. The molecule has 0 aromatic carbocycles. The Morgan fingerprint density at radius 3 is 1.00 bits per heavy atom. The molecule has 0 aliphatic carbocycles. The summed E-state index contributed by atoms with van der Waals surface area (Å²) in [7, 11) is 0. The topological polar surface area (TPSA) is 47.6 Å². The van der Waals surface area contributed by atoms with Gasteiger partial charge in [0.1, 0.15) is 0 Å². The van der Waals surface area contributed by atoms with Crippen molar-refractivity contribution >= 4 is 0 Å². The third-order valence-corrected chi connectivity index (χ3v) is 4.18. The molecule has 2 nitrogen and oxygen atoms in total. The van der Waals surface area contributed by atoms with Crippen molar-refractivity contribution in [2.75, 3.05) is 0 Å². The van der Waals surface area contributed by atoms with E-state index in [0.717, 1.165) is 12.8 Å². The van der Waals surface area contributed by atoms with Gasteiger partial charge in [0.2, 0.25) is 0 Å². The van der Waals surface area contributed by atoms with Crippen LogP contribution in [0.4, 0.5) is 0 Å². The number of hydrogen-bond acceptors (Lipinski definition) is 0. The fourth-order valence-corrected chi connectivity index (χ4v) is 2.61. The minimum absolute atomic E-state index is 0. The van der Waals surface area contributed by atoms with E-state index in [9.17, 15) is 0 Å². The summed E-state index contributed by atoms with van der Waals surface area (Å²) < 4.78 is 0. The van der Waals surface area contributed by atoms with Crippen molar-refractivity contribution in [2.24, 2.45) is 0 Å². The molecule has 4 heteroatoms. The van der Waals surface area contributed by atoms with Crippen LogP contribution in [0, 0.1) is 0 Å². The van der Waals surface area contributed by atoms with Crippen LogP contribution >= 0.6 is 0 Å². The molecule has 0 aliphatic heterocycles. The van der Waals surface area contributed by atoms with Crippen molar-refractivity contribution in [1.29, 1.82) is 0 Å². The Labute approximate surface area is 210 Å². The van der Waals surface area contributed by atoms with Crippen molar-refractivity contribution in [3.63, 3.8) is 0 Å². The van der Waals surface area contributed by atoms with Gasteiger partial charge in [0.15, 0.2) is 0 Å². The molecule has 0 aliphatic rings. The monoisotopic (exact) mass is 382 g/mol. The van der Waals surface area contributed by atoms with Crippen LogP contribution in [-0.2, 0) is 0 Å². The van der Waals surface area contributed by atoms with Gasteiger partial charge in [-0.2, -0.15) is 12.4 Å². The Balaban J connectivity index is -0.000000173. The molecular formula is C22H44N2Na2. The second kappa shape index (κ2) is 36.9. The SMILES string of the molecule is CCCCCCCCCC=C[NH-].CCCCCCCCCC=C[NH-].[Na+].[Na+]. The molecule has 0 rings (SSSR count). The predicted molar refractivity (Wildman–Crippen MR) is 112 cm³/mol. The molecule has 0 saturated carbocycles. The summed E-state index contributed by atoms with van der Waals surface area (Å²) in [6, 6.07) is 0. The minimum Gasteiger partial charge on any atom is -0.705 e. The van der Waals surface area contributed by atoms with E-state index in [2.05, 4.69) is 13.8 Å². The quantitative estimate of drug-likeness (QED) is 0.290. The van der Waals surface area contributed by atoms with Crippen molar-refractivity contribution in [2.45, 2.75) is 117 Å². The zero-order chi connectivity index (χ0) is 18.1. The van der Waals surface area contributed by atoms with Crippen LogP contribution in [0.15, 0.2) is 24.6 Å². The van der Waals surface area contributed by atoms with Crippen molar-refractivity contribution in [1.82, 2.24) is 0 Å². The summed E-state index contributed by atoms with van der Waals surface area (Å²) in [6.07, 6.45) is 27.9. The van der Waals surface area contributed by atoms with Gasteiger partial charge in [0.05, 0.1) is 0 Å². The largest absolute Gasteiger partial charge is 1.00 e. The van der Waals surface area contributed by atoms with E-state index in [1.807, 2.05) is 12.2 Å². The molecular weight excluding hydrogens is 338 g/mol. The predicted octanol–water partition coefficient (Wildman–Crippen LogP) is 3.39. The van der Waals surface area contributed by atoms with E-state index in [1.165, 1.54) is 102 Å². The number of nitrogens with one attached hydrogen (secondary N) is 2. The second-order valence-corrected chi connectivity index (χ2v) is 6.62. The van der Waals surface area contributed by atoms with E-state index >= 15 is 0 Å². The van der Waals surface area contributed by atoms with Crippen molar-refractivity contribution in [3.05, 3.63) is 36.0 Å². The minimum atomic E-state index is 0. The van der Waals surface area contributed by atoms with Gasteiger partial charge in [-0.3, -0.25) is 0 Å². The van der Waals surface area contributed by atoms with Crippen LogP contribution < -0.4 is 59.1 Å². The standard InChI is InChI=1S/2C11H22N.2Na/c2*1-2-3-4-5-6-7-8-9-10-11-12;;/h2*10-12H,2-9H2,1H3;;/q2*-1;2*+1. The first kappa shape index (κ1) is 34.6. The Kier molecular flexibility index (Phi) is 49.1. The van der Waals surface area contributed by atoms with E-state index in [0.29, 0.717) is 0 Å². The molecule has 0 aromatic rings. The van der Waals surface area contributed by atoms with Crippen LogP contribution in [0.2, 0.25) is 0 Å². The van der Waals surface area contributed by atoms with Crippen LogP contribution in [-0.4, -0.2) is 0 Å².